The van der Waals surface area contributed by atoms with Crippen molar-refractivity contribution < 1.29 is 14.1 Å². The molecule has 0 bridgehead atoms. The molecule has 130 valence electrons. The van der Waals surface area contributed by atoms with Gasteiger partial charge in [0.1, 0.15) is 11.5 Å². The fourth-order valence-electron chi connectivity index (χ4n) is 2.08. The summed E-state index contributed by atoms with van der Waals surface area (Å²) in [6.07, 6.45) is 0.892. The predicted octanol–water partition coefficient (Wildman–Crippen LogP) is 4.61. The standard InChI is InChI=1S/C17H21ClN2O3S/c1-4-7-22-16-6-5-13(18)8-15(16)19-17(21)10-24-9-14-11(2)20-23-12(14)3/h5-6,8H,4,7,9-10H2,1-3H3,(H,19,21). The van der Waals surface area contributed by atoms with E-state index in [0.717, 1.165) is 23.4 Å². The number of anilines is 1. The summed E-state index contributed by atoms with van der Waals surface area (Å²) < 4.78 is 10.8. The number of thioether (sulfide) groups is 1. The SMILES string of the molecule is CCCOc1ccc(Cl)cc1NC(=O)CSCc1c(C)noc1C. The number of aryl methyl sites for hydroxylation is 2. The third-order valence-corrected chi connectivity index (χ3v) is 4.53. The Morgan fingerprint density at radius 2 is 2.21 bits per heavy atom. The van der Waals surface area contributed by atoms with E-state index in [1.165, 1.54) is 11.8 Å². The first-order valence-corrected chi connectivity index (χ1v) is 9.26. The Labute approximate surface area is 151 Å². The van der Waals surface area contributed by atoms with Crippen molar-refractivity contribution in [3.63, 3.8) is 0 Å². The van der Waals surface area contributed by atoms with Crippen LogP contribution in [0.1, 0.15) is 30.4 Å². The van der Waals surface area contributed by atoms with Gasteiger partial charge in [0.2, 0.25) is 5.91 Å². The van der Waals surface area contributed by atoms with Crippen LogP contribution in [0, 0.1) is 13.8 Å². The van der Waals surface area contributed by atoms with E-state index in [0.29, 0.717) is 34.6 Å². The minimum absolute atomic E-state index is 0.102. The fourth-order valence-corrected chi connectivity index (χ4v) is 3.23. The predicted molar refractivity (Wildman–Crippen MR) is 98.0 cm³/mol. The Morgan fingerprint density at radius 1 is 1.42 bits per heavy atom. The molecule has 0 aliphatic heterocycles. The summed E-state index contributed by atoms with van der Waals surface area (Å²) >= 11 is 7.52. The van der Waals surface area contributed by atoms with E-state index in [9.17, 15) is 4.79 Å². The van der Waals surface area contributed by atoms with Gasteiger partial charge in [-0.15, -0.1) is 11.8 Å². The lowest BCUT2D eigenvalue weighted by Gasteiger charge is -2.12. The first kappa shape index (κ1) is 18.7. The Kier molecular flexibility index (Phi) is 6.99. The van der Waals surface area contributed by atoms with E-state index >= 15 is 0 Å². The number of benzene rings is 1. The average Bonchev–Trinajstić information content (AvgIpc) is 2.86. The summed E-state index contributed by atoms with van der Waals surface area (Å²) in [5.41, 5.74) is 2.51. The highest BCUT2D eigenvalue weighted by atomic mass is 35.5. The van der Waals surface area contributed by atoms with Gasteiger partial charge in [0.15, 0.2) is 0 Å². The number of hydrogen-bond donors (Lipinski definition) is 1. The molecule has 1 aromatic carbocycles. The molecule has 0 aliphatic carbocycles. The molecule has 1 N–H and O–H groups in total. The van der Waals surface area contributed by atoms with Gasteiger partial charge in [0, 0.05) is 16.3 Å². The van der Waals surface area contributed by atoms with Crippen LogP contribution >= 0.6 is 23.4 Å². The Morgan fingerprint density at radius 3 is 2.88 bits per heavy atom. The minimum Gasteiger partial charge on any atom is -0.491 e. The zero-order chi connectivity index (χ0) is 17.5. The first-order chi connectivity index (χ1) is 11.5. The Bertz CT molecular complexity index is 684. The Balaban J connectivity index is 1.91. The van der Waals surface area contributed by atoms with Crippen molar-refractivity contribution in [2.75, 3.05) is 17.7 Å². The second-order valence-electron chi connectivity index (χ2n) is 5.33. The van der Waals surface area contributed by atoms with E-state index in [4.69, 9.17) is 20.9 Å². The van der Waals surface area contributed by atoms with Gasteiger partial charge >= 0.3 is 0 Å². The van der Waals surface area contributed by atoms with Crippen molar-refractivity contribution in [1.82, 2.24) is 5.16 Å². The molecule has 0 fully saturated rings. The zero-order valence-corrected chi connectivity index (χ0v) is 15.6. The molecule has 24 heavy (non-hydrogen) atoms. The number of aromatic nitrogens is 1. The quantitative estimate of drug-likeness (QED) is 0.737. The van der Waals surface area contributed by atoms with E-state index < -0.39 is 0 Å². The smallest absolute Gasteiger partial charge is 0.234 e. The molecule has 0 saturated heterocycles. The van der Waals surface area contributed by atoms with E-state index in [2.05, 4.69) is 10.5 Å². The molecule has 0 saturated carbocycles. The van der Waals surface area contributed by atoms with Crippen LogP contribution in [0.5, 0.6) is 5.75 Å². The molecule has 1 aromatic heterocycles. The van der Waals surface area contributed by atoms with Crippen LogP contribution in [-0.2, 0) is 10.5 Å². The normalized spacial score (nSPS) is 10.7. The number of hydrogen-bond acceptors (Lipinski definition) is 5. The van der Waals surface area contributed by atoms with Crippen molar-refractivity contribution >= 4 is 35.0 Å². The number of rotatable bonds is 8. The van der Waals surface area contributed by atoms with Crippen molar-refractivity contribution in [3.8, 4) is 5.75 Å². The van der Waals surface area contributed by atoms with Gasteiger partial charge in [0.25, 0.3) is 0 Å². The van der Waals surface area contributed by atoms with Gasteiger partial charge in [-0.05, 0) is 38.5 Å². The molecule has 0 radical (unpaired) electrons. The molecule has 0 unspecified atom stereocenters. The van der Waals surface area contributed by atoms with Gasteiger partial charge in [-0.2, -0.15) is 0 Å². The van der Waals surface area contributed by atoms with Crippen LogP contribution < -0.4 is 10.1 Å². The van der Waals surface area contributed by atoms with Crippen LogP contribution in [-0.4, -0.2) is 23.4 Å². The summed E-state index contributed by atoms with van der Waals surface area (Å²) in [6.45, 7) is 6.39. The first-order valence-electron chi connectivity index (χ1n) is 7.73. The highest BCUT2D eigenvalue weighted by Gasteiger charge is 2.12. The molecule has 1 amide bonds. The molecule has 0 aliphatic rings. The lowest BCUT2D eigenvalue weighted by molar-refractivity contribution is -0.113. The van der Waals surface area contributed by atoms with Gasteiger partial charge in [-0.1, -0.05) is 23.7 Å². The molecule has 2 aromatic rings. The lowest BCUT2D eigenvalue weighted by atomic mass is 10.2. The number of carbonyl (C=O) groups excluding carboxylic acids is 1. The van der Waals surface area contributed by atoms with Crippen LogP contribution in [0.15, 0.2) is 22.7 Å². The molecule has 2 rings (SSSR count). The molecular weight excluding hydrogens is 348 g/mol. The fraction of sp³-hybridized carbons (Fsp3) is 0.412. The van der Waals surface area contributed by atoms with Crippen molar-refractivity contribution in [3.05, 3.63) is 40.2 Å². The number of ether oxygens (including phenoxy) is 1. The molecule has 0 atom stereocenters. The van der Waals surface area contributed by atoms with Crippen molar-refractivity contribution in [1.29, 1.82) is 0 Å². The molecule has 7 heteroatoms. The largest absolute Gasteiger partial charge is 0.491 e. The third kappa shape index (κ3) is 5.18. The van der Waals surface area contributed by atoms with Crippen LogP contribution in [0.3, 0.4) is 0 Å². The van der Waals surface area contributed by atoms with Crippen LogP contribution in [0.2, 0.25) is 5.02 Å². The average molecular weight is 369 g/mol. The summed E-state index contributed by atoms with van der Waals surface area (Å²) in [6, 6.07) is 5.21. The molecular formula is C17H21ClN2O3S. The third-order valence-electron chi connectivity index (χ3n) is 3.34. The van der Waals surface area contributed by atoms with Gasteiger partial charge in [-0.25, -0.2) is 0 Å². The number of halogens is 1. The Hall–Kier alpha value is -1.66. The van der Waals surface area contributed by atoms with Crippen LogP contribution in [0.25, 0.3) is 0 Å². The van der Waals surface area contributed by atoms with E-state index in [1.54, 1.807) is 18.2 Å². The number of amides is 1. The summed E-state index contributed by atoms with van der Waals surface area (Å²) in [5, 5.41) is 7.33. The topological polar surface area (TPSA) is 64.4 Å². The number of nitrogens with one attached hydrogen (secondary N) is 1. The molecule has 5 nitrogen and oxygen atoms in total. The minimum atomic E-state index is -0.102. The van der Waals surface area contributed by atoms with Gasteiger partial charge in [-0.3, -0.25) is 4.79 Å². The number of nitrogens with zero attached hydrogens (tertiary/aromatic N) is 1. The molecule has 1 heterocycles. The summed E-state index contributed by atoms with van der Waals surface area (Å²) in [7, 11) is 0. The van der Waals surface area contributed by atoms with Crippen LogP contribution in [0.4, 0.5) is 5.69 Å². The summed E-state index contributed by atoms with van der Waals surface area (Å²) in [5.74, 6) is 2.33. The van der Waals surface area contributed by atoms with Gasteiger partial charge in [0.05, 0.1) is 23.7 Å². The van der Waals surface area contributed by atoms with Gasteiger partial charge < -0.3 is 14.6 Å². The maximum Gasteiger partial charge on any atom is 0.234 e. The van der Waals surface area contributed by atoms with E-state index in [-0.39, 0.29) is 5.91 Å². The highest BCUT2D eigenvalue weighted by Crippen LogP contribution is 2.28. The maximum absolute atomic E-state index is 12.2. The maximum atomic E-state index is 12.2. The monoisotopic (exact) mass is 368 g/mol. The number of carbonyl (C=O) groups is 1. The lowest BCUT2D eigenvalue weighted by Crippen LogP contribution is -2.15. The summed E-state index contributed by atoms with van der Waals surface area (Å²) in [4.78, 5) is 12.2. The second-order valence-corrected chi connectivity index (χ2v) is 6.75. The highest BCUT2D eigenvalue weighted by molar-refractivity contribution is 7.99. The second kappa shape index (κ2) is 8.99. The van der Waals surface area contributed by atoms with Crippen molar-refractivity contribution in [2.24, 2.45) is 0 Å². The molecule has 0 spiro atoms. The van der Waals surface area contributed by atoms with Crippen molar-refractivity contribution in [2.45, 2.75) is 32.9 Å². The van der Waals surface area contributed by atoms with E-state index in [1.807, 2.05) is 20.8 Å². The zero-order valence-electron chi connectivity index (χ0n) is 14.0.